The van der Waals surface area contributed by atoms with Crippen molar-refractivity contribution in [1.29, 1.82) is 0 Å². The third-order valence-corrected chi connectivity index (χ3v) is 5.19. The Hall–Kier alpha value is -1.82. The first-order chi connectivity index (χ1) is 11.7. The Kier molecular flexibility index (Phi) is 4.31. The van der Waals surface area contributed by atoms with Crippen molar-refractivity contribution in [3.05, 3.63) is 53.7 Å². The number of halogens is 1. The lowest BCUT2D eigenvalue weighted by Gasteiger charge is -2.38. The minimum absolute atomic E-state index is 0.342. The zero-order valence-electron chi connectivity index (χ0n) is 13.8. The van der Waals surface area contributed by atoms with Crippen LogP contribution in [0.3, 0.4) is 0 Å². The van der Waals surface area contributed by atoms with Gasteiger partial charge < -0.3 is 9.55 Å². The second-order valence-electron chi connectivity index (χ2n) is 6.48. The maximum absolute atomic E-state index is 6.07. The van der Waals surface area contributed by atoms with E-state index in [2.05, 4.69) is 49.7 Å². The molecule has 126 valence electrons. The van der Waals surface area contributed by atoms with Crippen LogP contribution in [0.1, 0.15) is 11.9 Å². The van der Waals surface area contributed by atoms with Crippen LogP contribution in [0.4, 0.5) is 0 Å². The second-order valence-corrected chi connectivity index (χ2v) is 6.92. The van der Waals surface area contributed by atoms with Gasteiger partial charge in [0, 0.05) is 67.2 Å². The summed E-state index contributed by atoms with van der Waals surface area (Å²) in [5.74, 6) is 1.06. The molecule has 1 aliphatic heterocycles. The first-order valence-electron chi connectivity index (χ1n) is 8.37. The molecule has 0 saturated carbocycles. The van der Waals surface area contributed by atoms with Crippen LogP contribution in [0, 0.1) is 0 Å². The molecule has 0 aliphatic carbocycles. The molecule has 5 nitrogen and oxygen atoms in total. The number of fused-ring (bicyclic) bond motifs is 1. The van der Waals surface area contributed by atoms with Gasteiger partial charge in [-0.2, -0.15) is 0 Å². The highest BCUT2D eigenvalue weighted by Crippen LogP contribution is 2.22. The molecule has 3 aromatic rings. The molecule has 24 heavy (non-hydrogen) atoms. The van der Waals surface area contributed by atoms with Gasteiger partial charge in [0.05, 0.1) is 6.04 Å². The number of likely N-dealkylation sites (N-methyl/N-ethyl adjacent to an activating group) is 1. The minimum Gasteiger partial charge on any atom is -0.347 e. The lowest BCUT2D eigenvalue weighted by atomic mass is 10.1. The highest BCUT2D eigenvalue weighted by Gasteiger charge is 2.27. The van der Waals surface area contributed by atoms with E-state index in [9.17, 15) is 0 Å². The van der Waals surface area contributed by atoms with Gasteiger partial charge in [-0.05, 0) is 31.3 Å². The molecule has 0 spiro atoms. The van der Waals surface area contributed by atoms with E-state index < -0.39 is 0 Å². The van der Waals surface area contributed by atoms with Gasteiger partial charge in [-0.3, -0.25) is 9.80 Å². The Morgan fingerprint density at radius 3 is 3.00 bits per heavy atom. The molecule has 2 aromatic heterocycles. The van der Waals surface area contributed by atoms with Crippen molar-refractivity contribution in [3.8, 4) is 0 Å². The molecule has 4 rings (SSSR count). The second kappa shape index (κ2) is 6.59. The Morgan fingerprint density at radius 2 is 2.17 bits per heavy atom. The molecule has 3 heterocycles. The first-order valence-corrected chi connectivity index (χ1v) is 8.75. The third kappa shape index (κ3) is 3.07. The molecule has 0 radical (unpaired) electrons. The van der Waals surface area contributed by atoms with Crippen LogP contribution in [0.25, 0.3) is 10.9 Å². The van der Waals surface area contributed by atoms with Crippen molar-refractivity contribution in [2.75, 3.05) is 33.2 Å². The largest absolute Gasteiger partial charge is 0.347 e. The van der Waals surface area contributed by atoms with Crippen molar-refractivity contribution in [3.63, 3.8) is 0 Å². The predicted molar refractivity (Wildman–Crippen MR) is 97.3 cm³/mol. The predicted octanol–water partition coefficient (Wildman–Crippen LogP) is 3.01. The number of piperazine rings is 1. The van der Waals surface area contributed by atoms with Crippen molar-refractivity contribution in [2.24, 2.45) is 0 Å². The number of rotatable bonds is 4. The fourth-order valence-electron chi connectivity index (χ4n) is 3.50. The monoisotopic (exact) mass is 343 g/mol. The summed E-state index contributed by atoms with van der Waals surface area (Å²) in [4.78, 5) is 12.6. The van der Waals surface area contributed by atoms with Gasteiger partial charge in [0.1, 0.15) is 5.82 Å². The van der Waals surface area contributed by atoms with E-state index in [4.69, 9.17) is 11.6 Å². The smallest absolute Gasteiger partial charge is 0.124 e. The summed E-state index contributed by atoms with van der Waals surface area (Å²) in [7, 11) is 2.17. The normalized spacial score (nSPS) is 20.0. The standard InChI is InChI=1S/C18H22ClN5/c1-22-8-9-23(13-17(22)18-20-5-6-21-18)10-11-24-7-4-14-12-15(19)2-3-16(14)24/h2-7,12,17H,8-11,13H2,1H3,(H,20,21). The number of nitrogens with zero attached hydrogens (tertiary/aromatic N) is 4. The fraction of sp³-hybridized carbons (Fsp3) is 0.389. The number of benzene rings is 1. The molecule has 1 fully saturated rings. The Bertz CT molecular complexity index is 810. The topological polar surface area (TPSA) is 40.1 Å². The molecule has 0 bridgehead atoms. The molecule has 1 unspecified atom stereocenters. The lowest BCUT2D eigenvalue weighted by Crippen LogP contribution is -2.47. The van der Waals surface area contributed by atoms with E-state index in [1.165, 1.54) is 10.9 Å². The third-order valence-electron chi connectivity index (χ3n) is 4.96. The van der Waals surface area contributed by atoms with Crippen LogP contribution in [0.2, 0.25) is 5.02 Å². The summed E-state index contributed by atoms with van der Waals surface area (Å²) in [6.07, 6.45) is 5.89. The Balaban J connectivity index is 1.43. The lowest BCUT2D eigenvalue weighted by molar-refractivity contribution is 0.0890. The van der Waals surface area contributed by atoms with E-state index in [0.717, 1.165) is 43.6 Å². The summed E-state index contributed by atoms with van der Waals surface area (Å²) in [5.41, 5.74) is 1.25. The Labute approximate surface area is 146 Å². The molecular weight excluding hydrogens is 322 g/mol. The number of H-pyrrole nitrogens is 1. The summed E-state index contributed by atoms with van der Waals surface area (Å²) in [6, 6.07) is 8.57. The Morgan fingerprint density at radius 1 is 1.25 bits per heavy atom. The maximum atomic E-state index is 6.07. The van der Waals surface area contributed by atoms with Crippen molar-refractivity contribution >= 4 is 22.5 Å². The van der Waals surface area contributed by atoms with Gasteiger partial charge in [0.2, 0.25) is 0 Å². The van der Waals surface area contributed by atoms with Gasteiger partial charge >= 0.3 is 0 Å². The van der Waals surface area contributed by atoms with Crippen molar-refractivity contribution < 1.29 is 0 Å². The van der Waals surface area contributed by atoms with E-state index >= 15 is 0 Å². The molecule has 6 heteroatoms. The van der Waals surface area contributed by atoms with Crippen LogP contribution >= 0.6 is 11.6 Å². The fourth-order valence-corrected chi connectivity index (χ4v) is 3.68. The maximum Gasteiger partial charge on any atom is 0.124 e. The molecule has 1 atom stereocenters. The number of nitrogens with one attached hydrogen (secondary N) is 1. The number of aromatic amines is 1. The van der Waals surface area contributed by atoms with E-state index in [-0.39, 0.29) is 0 Å². The molecule has 1 aromatic carbocycles. The van der Waals surface area contributed by atoms with Crippen LogP contribution in [-0.4, -0.2) is 57.6 Å². The molecule has 1 N–H and O–H groups in total. The van der Waals surface area contributed by atoms with Gasteiger partial charge in [0.25, 0.3) is 0 Å². The molecule has 0 amide bonds. The molecule has 1 saturated heterocycles. The van der Waals surface area contributed by atoms with Gasteiger partial charge in [-0.15, -0.1) is 0 Å². The van der Waals surface area contributed by atoms with E-state index in [1.54, 1.807) is 0 Å². The van der Waals surface area contributed by atoms with Gasteiger partial charge in [-0.25, -0.2) is 4.98 Å². The summed E-state index contributed by atoms with van der Waals surface area (Å²) in [6.45, 7) is 5.19. The van der Waals surface area contributed by atoms with Crippen LogP contribution in [0.5, 0.6) is 0 Å². The van der Waals surface area contributed by atoms with E-state index in [1.807, 2.05) is 24.5 Å². The number of aromatic nitrogens is 3. The SMILES string of the molecule is CN1CCN(CCn2ccc3cc(Cl)ccc32)CC1c1ncc[nH]1. The number of hydrogen-bond acceptors (Lipinski definition) is 3. The van der Waals surface area contributed by atoms with Gasteiger partial charge in [0.15, 0.2) is 0 Å². The number of imidazole rings is 1. The average molecular weight is 344 g/mol. The molecule has 1 aliphatic rings. The number of hydrogen-bond donors (Lipinski definition) is 1. The summed E-state index contributed by atoms with van der Waals surface area (Å²) >= 11 is 6.07. The van der Waals surface area contributed by atoms with Crippen LogP contribution in [-0.2, 0) is 6.54 Å². The quantitative estimate of drug-likeness (QED) is 0.791. The van der Waals surface area contributed by atoms with Crippen LogP contribution in [0.15, 0.2) is 42.9 Å². The van der Waals surface area contributed by atoms with Crippen LogP contribution < -0.4 is 0 Å². The first kappa shape index (κ1) is 15.7. The van der Waals surface area contributed by atoms with Crippen molar-refractivity contribution in [1.82, 2.24) is 24.3 Å². The zero-order chi connectivity index (χ0) is 16.5. The molecular formula is C18H22ClN5. The highest BCUT2D eigenvalue weighted by atomic mass is 35.5. The van der Waals surface area contributed by atoms with Gasteiger partial charge in [-0.1, -0.05) is 11.6 Å². The highest BCUT2D eigenvalue weighted by molar-refractivity contribution is 6.31. The van der Waals surface area contributed by atoms with Crippen molar-refractivity contribution in [2.45, 2.75) is 12.6 Å². The summed E-state index contributed by atoms with van der Waals surface area (Å²) in [5, 5.41) is 2.00. The zero-order valence-corrected chi connectivity index (χ0v) is 14.6. The minimum atomic E-state index is 0.342. The average Bonchev–Trinajstić information content (AvgIpc) is 3.23. The van der Waals surface area contributed by atoms with E-state index in [0.29, 0.717) is 6.04 Å². The summed E-state index contributed by atoms with van der Waals surface area (Å²) < 4.78 is 2.31.